The number of anilines is 1. The summed E-state index contributed by atoms with van der Waals surface area (Å²) in [6, 6.07) is -0.396. The third-order valence-electron chi connectivity index (χ3n) is 4.76. The first-order valence-corrected chi connectivity index (χ1v) is 10.3. The molecular weight excluding hydrogens is 465 g/mol. The number of carboxylic acid groups (broad SMARTS) is 1. The van der Waals surface area contributed by atoms with Gasteiger partial charge in [0.25, 0.3) is 12.3 Å². The molecule has 1 aliphatic heterocycles. The van der Waals surface area contributed by atoms with E-state index in [9.17, 15) is 23.5 Å². The molecule has 2 aromatic heterocycles. The van der Waals surface area contributed by atoms with Crippen molar-refractivity contribution in [2.45, 2.75) is 31.9 Å². The van der Waals surface area contributed by atoms with Crippen molar-refractivity contribution in [2.75, 3.05) is 25.1 Å². The van der Waals surface area contributed by atoms with Crippen LogP contribution in [0.15, 0.2) is 0 Å². The number of thiazole rings is 1. The van der Waals surface area contributed by atoms with Crippen LogP contribution >= 0.6 is 34.5 Å². The molecule has 1 aliphatic rings. The summed E-state index contributed by atoms with van der Waals surface area (Å²) in [5.74, 6) is -2.15. The summed E-state index contributed by atoms with van der Waals surface area (Å²) in [6.07, 6.45) is -3.13. The summed E-state index contributed by atoms with van der Waals surface area (Å²) in [6.45, 7) is 2.23. The number of aromatic amines is 1. The number of nitrogens with zero attached hydrogens (tertiary/aromatic N) is 2. The van der Waals surface area contributed by atoms with Gasteiger partial charge in [0.05, 0.1) is 33.0 Å². The van der Waals surface area contributed by atoms with Gasteiger partial charge in [-0.15, -0.1) is 0 Å². The van der Waals surface area contributed by atoms with E-state index in [1.54, 1.807) is 11.8 Å². The Bertz CT molecular complexity index is 968. The van der Waals surface area contributed by atoms with Crippen LogP contribution in [-0.2, 0) is 4.74 Å². The number of methoxy groups -OCH3 is 1. The van der Waals surface area contributed by atoms with Gasteiger partial charge in [-0.05, 0) is 13.3 Å². The number of halogens is 4. The fourth-order valence-electron chi connectivity index (χ4n) is 3.21. The highest BCUT2D eigenvalue weighted by atomic mass is 35.5. The van der Waals surface area contributed by atoms with Gasteiger partial charge >= 0.3 is 0 Å². The lowest BCUT2D eigenvalue weighted by Gasteiger charge is -2.37. The average molecular weight is 482 g/mol. The number of carbonyl (C=O) groups is 2. The van der Waals surface area contributed by atoms with Crippen molar-refractivity contribution in [1.29, 1.82) is 0 Å². The number of nitrogens with one attached hydrogen (secondary N) is 2. The van der Waals surface area contributed by atoms with Gasteiger partial charge in [0.2, 0.25) is 0 Å². The zero-order chi connectivity index (χ0) is 22.2. The quantitative estimate of drug-likeness (QED) is 0.655. The minimum Gasteiger partial charge on any atom is -0.544 e. The topological polar surface area (TPSA) is 110 Å². The lowest BCUT2D eigenvalue weighted by atomic mass is 10.0. The first-order valence-electron chi connectivity index (χ1n) is 8.76. The van der Waals surface area contributed by atoms with Crippen molar-refractivity contribution >= 4 is 51.5 Å². The molecule has 3 heterocycles. The SMILES string of the molecule is CO[C@H]1CN(c2nc(C(F)F)c(C(=O)[O-])s2)CC[C@H]1NC(=O)c1[nH]c(C)c(Cl)c1Cl. The molecule has 2 N–H and O–H groups in total. The molecule has 0 aliphatic carbocycles. The van der Waals surface area contributed by atoms with Gasteiger partial charge in [0.15, 0.2) is 5.13 Å². The van der Waals surface area contributed by atoms with Gasteiger partial charge in [-0.2, -0.15) is 0 Å². The van der Waals surface area contributed by atoms with E-state index in [4.69, 9.17) is 27.9 Å². The minimum absolute atomic E-state index is 0.121. The number of rotatable bonds is 6. The molecule has 1 saturated heterocycles. The van der Waals surface area contributed by atoms with E-state index in [2.05, 4.69) is 15.3 Å². The van der Waals surface area contributed by atoms with Crippen molar-refractivity contribution < 1.29 is 28.2 Å². The lowest BCUT2D eigenvalue weighted by molar-refractivity contribution is -0.254. The van der Waals surface area contributed by atoms with E-state index < -0.39 is 41.0 Å². The molecule has 0 spiro atoms. The maximum absolute atomic E-state index is 13.1. The molecule has 0 radical (unpaired) electrons. The maximum atomic E-state index is 13.1. The number of alkyl halides is 2. The normalized spacial score (nSPS) is 19.4. The van der Waals surface area contributed by atoms with Crippen LogP contribution in [-0.4, -0.2) is 54.2 Å². The van der Waals surface area contributed by atoms with E-state index in [-0.39, 0.29) is 27.4 Å². The van der Waals surface area contributed by atoms with Crippen LogP contribution in [0.3, 0.4) is 0 Å². The molecule has 2 atom stereocenters. The summed E-state index contributed by atoms with van der Waals surface area (Å²) in [4.78, 5) is 31.4. The van der Waals surface area contributed by atoms with Crippen LogP contribution in [0, 0.1) is 6.92 Å². The van der Waals surface area contributed by atoms with Crippen molar-refractivity contribution in [2.24, 2.45) is 0 Å². The van der Waals surface area contributed by atoms with Gasteiger partial charge in [-0.1, -0.05) is 34.5 Å². The van der Waals surface area contributed by atoms with Crippen molar-refractivity contribution in [3.63, 3.8) is 0 Å². The van der Waals surface area contributed by atoms with Gasteiger partial charge < -0.3 is 29.8 Å². The zero-order valence-electron chi connectivity index (χ0n) is 15.8. The third-order valence-corrected chi connectivity index (χ3v) is 6.82. The number of amides is 1. The average Bonchev–Trinajstić information content (AvgIpc) is 3.26. The second kappa shape index (κ2) is 9.04. The van der Waals surface area contributed by atoms with Crippen LogP contribution in [0.2, 0.25) is 10.0 Å². The number of piperidine rings is 1. The minimum atomic E-state index is -3.03. The van der Waals surface area contributed by atoms with E-state index in [0.717, 1.165) is 0 Å². The molecule has 0 saturated carbocycles. The van der Waals surface area contributed by atoms with Gasteiger partial charge in [-0.25, -0.2) is 13.8 Å². The van der Waals surface area contributed by atoms with Gasteiger partial charge in [-0.3, -0.25) is 4.79 Å². The van der Waals surface area contributed by atoms with Crippen LogP contribution in [0.1, 0.15) is 44.4 Å². The van der Waals surface area contributed by atoms with E-state index >= 15 is 0 Å². The van der Waals surface area contributed by atoms with Crippen LogP contribution in [0.4, 0.5) is 13.9 Å². The summed E-state index contributed by atoms with van der Waals surface area (Å²) in [5, 5.41) is 14.5. The number of hydrogen-bond acceptors (Lipinski definition) is 7. The van der Waals surface area contributed by atoms with E-state index in [0.29, 0.717) is 30.0 Å². The van der Waals surface area contributed by atoms with Crippen molar-refractivity contribution in [1.82, 2.24) is 15.3 Å². The highest BCUT2D eigenvalue weighted by Gasteiger charge is 2.34. The number of aryl methyl sites for hydroxylation is 1. The Balaban J connectivity index is 1.74. The fraction of sp³-hybridized carbons (Fsp3) is 0.471. The first-order chi connectivity index (χ1) is 14.1. The highest BCUT2D eigenvalue weighted by molar-refractivity contribution is 7.17. The molecule has 0 bridgehead atoms. The monoisotopic (exact) mass is 481 g/mol. The molecule has 30 heavy (non-hydrogen) atoms. The predicted octanol–water partition coefficient (Wildman–Crippen LogP) is 2.41. The Kier molecular flexibility index (Phi) is 6.85. The molecule has 0 aromatic carbocycles. The number of carbonyl (C=O) groups excluding carboxylic acids is 2. The first kappa shape index (κ1) is 22.7. The van der Waals surface area contributed by atoms with Crippen LogP contribution in [0.25, 0.3) is 0 Å². The van der Waals surface area contributed by atoms with Gasteiger partial charge in [0, 0.05) is 25.9 Å². The summed E-state index contributed by atoms with van der Waals surface area (Å²) in [7, 11) is 1.45. The van der Waals surface area contributed by atoms with Gasteiger partial charge in [0.1, 0.15) is 11.4 Å². The summed E-state index contributed by atoms with van der Waals surface area (Å²) in [5.41, 5.74) is -0.114. The highest BCUT2D eigenvalue weighted by Crippen LogP contribution is 2.34. The lowest BCUT2D eigenvalue weighted by Crippen LogP contribution is -2.55. The molecular formula is C17H17Cl2F2N4O4S-. The van der Waals surface area contributed by atoms with Crippen LogP contribution < -0.4 is 15.3 Å². The van der Waals surface area contributed by atoms with Crippen LogP contribution in [0.5, 0.6) is 0 Å². The number of carboxylic acids is 1. The van der Waals surface area contributed by atoms with E-state index in [1.165, 1.54) is 7.11 Å². The molecule has 1 fully saturated rings. The molecule has 1 amide bonds. The second-order valence-corrected chi connectivity index (χ2v) is 8.37. The number of ether oxygens (including phenoxy) is 1. The maximum Gasteiger partial charge on any atom is 0.281 e. The standard InChI is InChI=1S/C17H18Cl2F2N4O4S/c1-6-9(18)10(19)11(22-6)15(26)23-7-3-4-25(5-8(7)29-2)17-24-12(14(20)21)13(30-17)16(27)28/h7-8,14,22H,3-5H2,1-2H3,(H,23,26)(H,27,28)/p-1/t7-,8+/m1/s1. The number of aromatic nitrogens is 2. The Morgan fingerprint density at radius 1 is 1.40 bits per heavy atom. The molecule has 8 nitrogen and oxygen atoms in total. The number of hydrogen-bond donors (Lipinski definition) is 2. The molecule has 3 rings (SSSR count). The van der Waals surface area contributed by atoms with E-state index in [1.807, 2.05) is 0 Å². The number of H-pyrrole nitrogens is 1. The third kappa shape index (κ3) is 4.39. The van der Waals surface area contributed by atoms with Crippen molar-refractivity contribution in [3.8, 4) is 0 Å². The largest absolute Gasteiger partial charge is 0.544 e. The molecule has 2 aromatic rings. The fourth-order valence-corrected chi connectivity index (χ4v) is 4.57. The summed E-state index contributed by atoms with van der Waals surface area (Å²) < 4.78 is 31.6. The Morgan fingerprint density at radius 2 is 2.10 bits per heavy atom. The molecule has 13 heteroatoms. The smallest absolute Gasteiger partial charge is 0.281 e. The summed E-state index contributed by atoms with van der Waals surface area (Å²) >= 11 is 12.7. The Hall–Kier alpha value is -1.95. The number of aromatic carboxylic acids is 1. The molecule has 0 unspecified atom stereocenters. The second-order valence-electron chi connectivity index (χ2n) is 6.64. The predicted molar refractivity (Wildman–Crippen MR) is 106 cm³/mol. The zero-order valence-corrected chi connectivity index (χ0v) is 18.1. The Labute approximate surface area is 184 Å². The van der Waals surface area contributed by atoms with Crippen molar-refractivity contribution in [3.05, 3.63) is 32.0 Å². The molecule has 164 valence electrons. The Morgan fingerprint density at radius 3 is 2.60 bits per heavy atom.